The maximum absolute atomic E-state index is 12.6. The molecule has 0 spiro atoms. The number of halogens is 3. The lowest BCUT2D eigenvalue weighted by atomic mass is 10.1. The van der Waals surface area contributed by atoms with Gasteiger partial charge in [0, 0.05) is 11.6 Å². The first-order valence-corrected chi connectivity index (χ1v) is 6.58. The summed E-state index contributed by atoms with van der Waals surface area (Å²) in [6, 6.07) is 5.56. The molecule has 1 heterocycles. The lowest BCUT2D eigenvalue weighted by molar-refractivity contribution is -0.137. The van der Waals surface area contributed by atoms with E-state index < -0.39 is 34.4 Å². The third kappa shape index (κ3) is 2.51. The molecule has 8 heteroatoms. The second kappa shape index (κ2) is 5.19. The molecular weight excluding hydrogens is 329 g/mol. The molecule has 124 valence electrons. The highest BCUT2D eigenvalue weighted by Crippen LogP contribution is 2.36. The van der Waals surface area contributed by atoms with Crippen LogP contribution < -0.4 is 5.43 Å². The van der Waals surface area contributed by atoms with E-state index in [4.69, 9.17) is 4.42 Å². The summed E-state index contributed by atoms with van der Waals surface area (Å²) in [5, 5.41) is 28.7. The Hall–Kier alpha value is -3.16. The van der Waals surface area contributed by atoms with Crippen LogP contribution >= 0.6 is 0 Å². The van der Waals surface area contributed by atoms with E-state index >= 15 is 0 Å². The lowest BCUT2D eigenvalue weighted by Crippen LogP contribution is -2.05. The number of hydrogen-bond donors (Lipinski definition) is 3. The smallest absolute Gasteiger partial charge is 0.416 e. The van der Waals surface area contributed by atoms with Crippen LogP contribution in [0.4, 0.5) is 13.2 Å². The van der Waals surface area contributed by atoms with Gasteiger partial charge < -0.3 is 19.7 Å². The Labute approximate surface area is 131 Å². The van der Waals surface area contributed by atoms with Gasteiger partial charge in [0.25, 0.3) is 0 Å². The van der Waals surface area contributed by atoms with Crippen LogP contribution in [0.5, 0.6) is 17.2 Å². The fraction of sp³-hybridized carbons (Fsp3) is 0.0625. The van der Waals surface area contributed by atoms with Gasteiger partial charge in [0.2, 0.25) is 11.2 Å². The van der Waals surface area contributed by atoms with E-state index in [-0.39, 0.29) is 22.3 Å². The van der Waals surface area contributed by atoms with Crippen LogP contribution in [0.2, 0.25) is 0 Å². The van der Waals surface area contributed by atoms with E-state index in [2.05, 4.69) is 0 Å². The Morgan fingerprint density at radius 1 is 0.917 bits per heavy atom. The molecule has 0 aliphatic heterocycles. The Morgan fingerprint density at radius 2 is 1.50 bits per heavy atom. The molecule has 0 bridgehead atoms. The van der Waals surface area contributed by atoms with Crippen molar-refractivity contribution < 1.29 is 32.9 Å². The van der Waals surface area contributed by atoms with Crippen molar-refractivity contribution in [1.82, 2.24) is 0 Å². The molecule has 24 heavy (non-hydrogen) atoms. The molecule has 0 atom stereocenters. The molecule has 0 saturated heterocycles. The minimum absolute atomic E-state index is 0.0482. The van der Waals surface area contributed by atoms with Gasteiger partial charge >= 0.3 is 6.18 Å². The van der Waals surface area contributed by atoms with Crippen molar-refractivity contribution in [1.29, 1.82) is 0 Å². The maximum Gasteiger partial charge on any atom is 0.416 e. The summed E-state index contributed by atoms with van der Waals surface area (Å²) in [5.41, 5.74) is -1.87. The minimum Gasteiger partial charge on any atom is -0.504 e. The van der Waals surface area contributed by atoms with Crippen molar-refractivity contribution in [2.75, 3.05) is 0 Å². The number of phenols is 2. The van der Waals surface area contributed by atoms with Crippen molar-refractivity contribution in [3.05, 3.63) is 52.2 Å². The van der Waals surface area contributed by atoms with E-state index in [1.807, 2.05) is 0 Å². The molecule has 0 radical (unpaired) electrons. The Bertz CT molecular complexity index is 988. The molecule has 0 unspecified atom stereocenters. The number of fused-ring (bicyclic) bond motifs is 1. The molecular formula is C16H9F3O5. The number of benzene rings is 2. The number of hydrogen-bond acceptors (Lipinski definition) is 5. The molecule has 3 rings (SSSR count). The van der Waals surface area contributed by atoms with Crippen LogP contribution in [0, 0.1) is 0 Å². The Balaban J connectivity index is 2.21. The predicted octanol–water partition coefficient (Wildman–Crippen LogP) is 3.60. The van der Waals surface area contributed by atoms with Gasteiger partial charge in [0.15, 0.2) is 17.3 Å². The molecule has 0 fully saturated rings. The molecule has 1 aromatic heterocycles. The minimum atomic E-state index is -4.52. The summed E-state index contributed by atoms with van der Waals surface area (Å²) >= 11 is 0. The summed E-state index contributed by atoms with van der Waals surface area (Å²) < 4.78 is 43.1. The molecule has 3 aromatic rings. The highest BCUT2D eigenvalue weighted by molar-refractivity contribution is 5.84. The zero-order valence-electron chi connectivity index (χ0n) is 11.8. The largest absolute Gasteiger partial charge is 0.504 e. The summed E-state index contributed by atoms with van der Waals surface area (Å²) in [5.74, 6) is -2.27. The normalized spacial score (nSPS) is 11.8. The average molecular weight is 338 g/mol. The van der Waals surface area contributed by atoms with Gasteiger partial charge in [-0.15, -0.1) is 0 Å². The van der Waals surface area contributed by atoms with Crippen molar-refractivity contribution in [3.63, 3.8) is 0 Å². The number of alkyl halides is 3. The predicted molar refractivity (Wildman–Crippen MR) is 77.9 cm³/mol. The molecule has 0 amide bonds. The molecule has 0 saturated carbocycles. The van der Waals surface area contributed by atoms with Crippen LogP contribution in [0.3, 0.4) is 0 Å². The third-order valence-electron chi connectivity index (χ3n) is 3.44. The summed E-state index contributed by atoms with van der Waals surface area (Å²) in [6.45, 7) is 0. The number of aromatic hydroxyl groups is 3. The van der Waals surface area contributed by atoms with Gasteiger partial charge in [-0.3, -0.25) is 4.79 Å². The zero-order valence-corrected chi connectivity index (χ0v) is 11.8. The van der Waals surface area contributed by atoms with Gasteiger partial charge in [-0.05, 0) is 18.2 Å². The van der Waals surface area contributed by atoms with Crippen molar-refractivity contribution >= 4 is 11.0 Å². The molecule has 2 aromatic carbocycles. The maximum atomic E-state index is 12.6. The molecule has 0 aliphatic rings. The summed E-state index contributed by atoms with van der Waals surface area (Å²) in [7, 11) is 0. The SMILES string of the molecule is O=c1c(O)c(-c2ccc(C(F)(F)F)cc2)oc2cc(O)c(O)cc12. The molecule has 3 N–H and O–H groups in total. The standard InChI is InChI=1S/C16H9F3O5/c17-16(18,19)8-3-1-7(2-4-8)15-14(23)13(22)9-5-10(20)11(21)6-12(9)24-15/h1-6,20-21,23H. The first-order valence-electron chi connectivity index (χ1n) is 6.58. The highest BCUT2D eigenvalue weighted by atomic mass is 19.4. The number of rotatable bonds is 1. The van der Waals surface area contributed by atoms with Crippen LogP contribution in [0.1, 0.15) is 5.56 Å². The first-order chi connectivity index (χ1) is 11.2. The van der Waals surface area contributed by atoms with Crippen LogP contribution in [-0.2, 0) is 6.18 Å². The summed E-state index contributed by atoms with van der Waals surface area (Å²) in [6.07, 6.45) is -4.52. The van der Waals surface area contributed by atoms with Crippen molar-refractivity contribution in [2.24, 2.45) is 0 Å². The average Bonchev–Trinajstić information content (AvgIpc) is 2.52. The Kier molecular flexibility index (Phi) is 3.40. The van der Waals surface area contributed by atoms with Gasteiger partial charge in [-0.25, -0.2) is 0 Å². The second-order valence-corrected chi connectivity index (χ2v) is 5.02. The van der Waals surface area contributed by atoms with E-state index in [0.717, 1.165) is 36.4 Å². The van der Waals surface area contributed by atoms with E-state index in [0.29, 0.717) is 0 Å². The van der Waals surface area contributed by atoms with E-state index in [1.54, 1.807) is 0 Å². The monoisotopic (exact) mass is 338 g/mol. The third-order valence-corrected chi connectivity index (χ3v) is 3.44. The van der Waals surface area contributed by atoms with E-state index in [1.165, 1.54) is 0 Å². The first kappa shape index (κ1) is 15.7. The van der Waals surface area contributed by atoms with Crippen LogP contribution in [-0.4, -0.2) is 15.3 Å². The van der Waals surface area contributed by atoms with Crippen LogP contribution in [0.15, 0.2) is 45.6 Å². The number of phenolic OH excluding ortho intramolecular Hbond substituents is 2. The van der Waals surface area contributed by atoms with E-state index in [9.17, 15) is 33.3 Å². The fourth-order valence-electron chi connectivity index (χ4n) is 2.21. The van der Waals surface area contributed by atoms with Gasteiger partial charge in [0.05, 0.1) is 10.9 Å². The fourth-order valence-corrected chi connectivity index (χ4v) is 2.21. The zero-order chi connectivity index (χ0) is 17.6. The van der Waals surface area contributed by atoms with Crippen molar-refractivity contribution in [3.8, 4) is 28.6 Å². The van der Waals surface area contributed by atoms with Crippen molar-refractivity contribution in [2.45, 2.75) is 6.18 Å². The quantitative estimate of drug-likeness (QED) is 0.590. The van der Waals surface area contributed by atoms with Gasteiger partial charge in [-0.1, -0.05) is 12.1 Å². The van der Waals surface area contributed by atoms with Gasteiger partial charge in [0.1, 0.15) is 5.58 Å². The second-order valence-electron chi connectivity index (χ2n) is 5.02. The van der Waals surface area contributed by atoms with Crippen LogP contribution in [0.25, 0.3) is 22.3 Å². The van der Waals surface area contributed by atoms with Gasteiger partial charge in [-0.2, -0.15) is 13.2 Å². The lowest BCUT2D eigenvalue weighted by Gasteiger charge is -2.09. The molecule has 0 aliphatic carbocycles. The topological polar surface area (TPSA) is 90.9 Å². The molecule has 5 nitrogen and oxygen atoms in total. The summed E-state index contributed by atoms with van der Waals surface area (Å²) in [4.78, 5) is 12.1. The highest BCUT2D eigenvalue weighted by Gasteiger charge is 2.30. The Morgan fingerprint density at radius 3 is 2.08 bits per heavy atom.